The van der Waals surface area contributed by atoms with E-state index in [2.05, 4.69) is 0 Å². The van der Waals surface area contributed by atoms with Gasteiger partial charge in [0.25, 0.3) is 5.69 Å². The molecule has 0 aliphatic carbocycles. The molecule has 1 atom stereocenters. The third-order valence-corrected chi connectivity index (χ3v) is 2.84. The minimum atomic E-state index is -0.630. The van der Waals surface area contributed by atoms with Crippen molar-refractivity contribution < 1.29 is 14.4 Å². The lowest BCUT2D eigenvalue weighted by atomic mass is 10.1. The molecule has 0 saturated carbocycles. The normalized spacial score (nSPS) is 20.4. The van der Waals surface area contributed by atoms with Gasteiger partial charge < -0.3 is 10.0 Å². The molecule has 1 aliphatic rings. The molecule has 92 valence electrons. The number of halogens is 1. The second-order valence-corrected chi connectivity index (χ2v) is 4.17. The van der Waals surface area contributed by atoms with E-state index in [9.17, 15) is 19.6 Å². The van der Waals surface area contributed by atoms with Crippen LogP contribution in [0.2, 0.25) is 0 Å². The number of nitro benzene ring substituents is 1. The van der Waals surface area contributed by atoms with Crippen LogP contribution in [0.15, 0.2) is 18.2 Å². The monoisotopic (exact) mass is 240 g/mol. The number of rotatable bonds is 2. The first kappa shape index (κ1) is 11.8. The van der Waals surface area contributed by atoms with E-state index < -0.39 is 16.8 Å². The maximum Gasteiger partial charge on any atom is 0.274 e. The second-order valence-electron chi connectivity index (χ2n) is 4.17. The Labute approximate surface area is 97.6 Å². The van der Waals surface area contributed by atoms with E-state index in [0.717, 1.165) is 12.5 Å². The lowest BCUT2D eigenvalue weighted by Crippen LogP contribution is -2.38. The summed E-state index contributed by atoms with van der Waals surface area (Å²) in [6.45, 7) is 1.07. The zero-order chi connectivity index (χ0) is 12.4. The number of β-amino-alcohol motifs (C(OH)–C–C–N with tert-alkyl or cyclic N) is 1. The molecule has 0 radical (unpaired) electrons. The van der Waals surface area contributed by atoms with Gasteiger partial charge in [0, 0.05) is 24.8 Å². The lowest BCUT2D eigenvalue weighted by Gasteiger charge is -2.31. The first-order valence-corrected chi connectivity index (χ1v) is 5.44. The molecule has 0 bridgehead atoms. The van der Waals surface area contributed by atoms with Crippen LogP contribution in [0, 0.1) is 15.9 Å². The number of non-ortho nitro benzene ring substituents is 1. The van der Waals surface area contributed by atoms with Crippen molar-refractivity contribution in [1.82, 2.24) is 0 Å². The molecule has 0 amide bonds. The summed E-state index contributed by atoms with van der Waals surface area (Å²) in [5.41, 5.74) is 0.190. The molecule has 1 aromatic carbocycles. The maximum atomic E-state index is 13.2. The summed E-state index contributed by atoms with van der Waals surface area (Å²) >= 11 is 0. The van der Waals surface area contributed by atoms with Crippen LogP contribution >= 0.6 is 0 Å². The number of hydrogen-bond acceptors (Lipinski definition) is 4. The van der Waals surface area contributed by atoms with Gasteiger partial charge in [0.1, 0.15) is 5.82 Å². The number of nitro groups is 1. The SMILES string of the molecule is O=[N+]([O-])c1cc(F)cc(N2CCCC(O)C2)c1. The summed E-state index contributed by atoms with van der Waals surface area (Å²) in [4.78, 5) is 11.8. The molecule has 5 nitrogen and oxygen atoms in total. The number of piperidine rings is 1. The first-order chi connectivity index (χ1) is 8.06. The van der Waals surface area contributed by atoms with Gasteiger partial charge in [-0.2, -0.15) is 0 Å². The molecule has 1 N–H and O–H groups in total. The van der Waals surface area contributed by atoms with Crippen molar-refractivity contribution in [2.45, 2.75) is 18.9 Å². The molecule has 0 spiro atoms. The molecular formula is C11H13FN2O3. The van der Waals surface area contributed by atoms with Crippen molar-refractivity contribution in [1.29, 1.82) is 0 Å². The summed E-state index contributed by atoms with van der Waals surface area (Å²) in [6.07, 6.45) is 1.06. The van der Waals surface area contributed by atoms with Crippen LogP contribution in [-0.4, -0.2) is 29.2 Å². The number of nitrogens with zero attached hydrogens (tertiary/aromatic N) is 2. The number of anilines is 1. The largest absolute Gasteiger partial charge is 0.391 e. The van der Waals surface area contributed by atoms with Gasteiger partial charge in [0.2, 0.25) is 0 Å². The topological polar surface area (TPSA) is 66.6 Å². The van der Waals surface area contributed by atoms with Crippen molar-refractivity contribution in [2.24, 2.45) is 0 Å². The molecule has 1 saturated heterocycles. The Balaban J connectivity index is 2.28. The van der Waals surface area contributed by atoms with Gasteiger partial charge in [-0.25, -0.2) is 4.39 Å². The Morgan fingerprint density at radius 2 is 2.24 bits per heavy atom. The summed E-state index contributed by atoms with van der Waals surface area (Å²) in [6, 6.07) is 3.48. The minimum Gasteiger partial charge on any atom is -0.391 e. The first-order valence-electron chi connectivity index (χ1n) is 5.44. The van der Waals surface area contributed by atoms with Crippen LogP contribution in [0.4, 0.5) is 15.8 Å². The van der Waals surface area contributed by atoms with E-state index >= 15 is 0 Å². The number of aliphatic hydroxyl groups is 1. The van der Waals surface area contributed by atoms with Crippen LogP contribution in [0.25, 0.3) is 0 Å². The van der Waals surface area contributed by atoms with Crippen LogP contribution in [0.3, 0.4) is 0 Å². The zero-order valence-electron chi connectivity index (χ0n) is 9.17. The summed E-state index contributed by atoms with van der Waals surface area (Å²) in [5, 5.41) is 20.1. The van der Waals surface area contributed by atoms with Gasteiger partial charge in [-0.15, -0.1) is 0 Å². The fourth-order valence-corrected chi connectivity index (χ4v) is 2.04. The van der Waals surface area contributed by atoms with Crippen molar-refractivity contribution >= 4 is 11.4 Å². The third-order valence-electron chi connectivity index (χ3n) is 2.84. The van der Waals surface area contributed by atoms with Gasteiger partial charge in [0.05, 0.1) is 17.1 Å². The van der Waals surface area contributed by atoms with E-state index in [4.69, 9.17) is 0 Å². The number of aliphatic hydroxyl groups excluding tert-OH is 1. The van der Waals surface area contributed by atoms with Crippen LogP contribution < -0.4 is 4.90 Å². The Hall–Kier alpha value is -1.69. The molecule has 6 heteroatoms. The van der Waals surface area contributed by atoms with Crippen molar-refractivity contribution in [3.63, 3.8) is 0 Å². The van der Waals surface area contributed by atoms with Gasteiger partial charge in [0.15, 0.2) is 0 Å². The zero-order valence-corrected chi connectivity index (χ0v) is 9.17. The maximum absolute atomic E-state index is 13.2. The van der Waals surface area contributed by atoms with Crippen LogP contribution in [-0.2, 0) is 0 Å². The molecule has 17 heavy (non-hydrogen) atoms. The van der Waals surface area contributed by atoms with Crippen molar-refractivity contribution in [3.8, 4) is 0 Å². The van der Waals surface area contributed by atoms with Gasteiger partial charge in [-0.1, -0.05) is 0 Å². The minimum absolute atomic E-state index is 0.264. The van der Waals surface area contributed by atoms with Crippen LogP contribution in [0.1, 0.15) is 12.8 Å². The average molecular weight is 240 g/mol. The fourth-order valence-electron chi connectivity index (χ4n) is 2.04. The van der Waals surface area contributed by atoms with Gasteiger partial charge >= 0.3 is 0 Å². The summed E-state index contributed by atoms with van der Waals surface area (Å²) in [7, 11) is 0. The van der Waals surface area contributed by atoms with E-state index in [-0.39, 0.29) is 5.69 Å². The molecule has 1 aromatic rings. The number of benzene rings is 1. The van der Waals surface area contributed by atoms with Crippen molar-refractivity contribution in [2.75, 3.05) is 18.0 Å². The second kappa shape index (κ2) is 4.67. The molecule has 1 aliphatic heterocycles. The van der Waals surface area contributed by atoms with E-state index in [1.807, 2.05) is 0 Å². The Morgan fingerprint density at radius 1 is 1.47 bits per heavy atom. The standard InChI is InChI=1S/C11H13FN2O3/c12-8-4-9(6-10(5-8)14(16)17)13-3-1-2-11(15)7-13/h4-6,11,15H,1-3,7H2. The molecular weight excluding hydrogens is 227 g/mol. The third kappa shape index (κ3) is 2.71. The quantitative estimate of drug-likeness (QED) is 0.631. The Bertz CT molecular complexity index is 439. The molecule has 1 fully saturated rings. The van der Waals surface area contributed by atoms with E-state index in [1.165, 1.54) is 12.1 Å². The Morgan fingerprint density at radius 3 is 2.88 bits per heavy atom. The number of hydrogen-bond donors (Lipinski definition) is 1. The van der Waals surface area contributed by atoms with Gasteiger partial charge in [-0.3, -0.25) is 10.1 Å². The predicted molar refractivity (Wildman–Crippen MR) is 60.5 cm³/mol. The summed E-state index contributed by atoms with van der Waals surface area (Å²) < 4.78 is 13.2. The fraction of sp³-hybridized carbons (Fsp3) is 0.455. The highest BCUT2D eigenvalue weighted by molar-refractivity contribution is 5.54. The molecule has 1 heterocycles. The van der Waals surface area contributed by atoms with Crippen LogP contribution in [0.5, 0.6) is 0 Å². The van der Waals surface area contributed by atoms with Crippen molar-refractivity contribution in [3.05, 3.63) is 34.1 Å². The lowest BCUT2D eigenvalue weighted by molar-refractivity contribution is -0.385. The Kier molecular flexibility index (Phi) is 3.23. The molecule has 0 aromatic heterocycles. The smallest absolute Gasteiger partial charge is 0.274 e. The predicted octanol–water partition coefficient (Wildman–Crippen LogP) is 1.69. The highest BCUT2D eigenvalue weighted by Crippen LogP contribution is 2.25. The highest BCUT2D eigenvalue weighted by atomic mass is 19.1. The summed E-state index contributed by atoms with van der Waals surface area (Å²) in [5.74, 6) is -0.630. The molecule has 1 unspecified atom stereocenters. The van der Waals surface area contributed by atoms with E-state index in [0.29, 0.717) is 25.2 Å². The highest BCUT2D eigenvalue weighted by Gasteiger charge is 2.20. The van der Waals surface area contributed by atoms with Gasteiger partial charge in [-0.05, 0) is 18.9 Å². The van der Waals surface area contributed by atoms with E-state index in [1.54, 1.807) is 4.90 Å². The molecule has 2 rings (SSSR count). The average Bonchev–Trinajstić information content (AvgIpc) is 2.28.